The molecule has 0 spiro atoms. The molecule has 7 heteroatoms. The van der Waals surface area contributed by atoms with Crippen LogP contribution in [0.3, 0.4) is 0 Å². The summed E-state index contributed by atoms with van der Waals surface area (Å²) < 4.78 is 5.15. The fourth-order valence-electron chi connectivity index (χ4n) is 2.19. The normalized spacial score (nSPS) is 10.4. The van der Waals surface area contributed by atoms with Gasteiger partial charge in [0.2, 0.25) is 5.95 Å². The highest BCUT2D eigenvalue weighted by Gasteiger charge is 2.08. The minimum absolute atomic E-state index is 0.260. The quantitative estimate of drug-likeness (QED) is 0.744. The molecule has 122 valence electrons. The number of methoxy groups -OCH3 is 1. The molecular formula is C17H15ClN4O2. The Morgan fingerprint density at radius 1 is 1.17 bits per heavy atom. The summed E-state index contributed by atoms with van der Waals surface area (Å²) in [6.45, 7) is 0. The van der Waals surface area contributed by atoms with Gasteiger partial charge in [0, 0.05) is 23.2 Å². The Kier molecular flexibility index (Phi) is 4.77. The highest BCUT2D eigenvalue weighted by Crippen LogP contribution is 2.19. The molecule has 3 rings (SSSR count). The van der Waals surface area contributed by atoms with Crippen molar-refractivity contribution >= 4 is 23.2 Å². The van der Waals surface area contributed by atoms with E-state index in [0.29, 0.717) is 22.9 Å². The number of ether oxygens (including phenoxy) is 1. The smallest absolute Gasteiger partial charge is 0.274 e. The van der Waals surface area contributed by atoms with Gasteiger partial charge in [-0.15, -0.1) is 10.2 Å². The summed E-state index contributed by atoms with van der Waals surface area (Å²) in [5.74, 6) is 0.960. The van der Waals surface area contributed by atoms with Gasteiger partial charge in [-0.1, -0.05) is 35.9 Å². The van der Waals surface area contributed by atoms with E-state index >= 15 is 0 Å². The van der Waals surface area contributed by atoms with E-state index in [1.54, 1.807) is 19.2 Å². The zero-order valence-electron chi connectivity index (χ0n) is 12.9. The van der Waals surface area contributed by atoms with Crippen LogP contribution in [-0.4, -0.2) is 22.3 Å². The second kappa shape index (κ2) is 7.14. The number of nitrogens with one attached hydrogen (secondary N) is 2. The van der Waals surface area contributed by atoms with Crippen molar-refractivity contribution in [1.29, 1.82) is 0 Å². The van der Waals surface area contributed by atoms with Gasteiger partial charge in [-0.05, 0) is 23.8 Å². The van der Waals surface area contributed by atoms with Gasteiger partial charge in [-0.25, -0.2) is 0 Å². The molecule has 24 heavy (non-hydrogen) atoms. The summed E-state index contributed by atoms with van der Waals surface area (Å²) >= 11 is 6.11. The topological polar surface area (TPSA) is 79.9 Å². The zero-order chi connectivity index (χ0) is 16.9. The highest BCUT2D eigenvalue weighted by atomic mass is 35.5. The van der Waals surface area contributed by atoms with Crippen LogP contribution < -0.4 is 15.6 Å². The number of aromatic nitrogens is 3. The van der Waals surface area contributed by atoms with Crippen molar-refractivity contribution in [2.24, 2.45) is 0 Å². The highest BCUT2D eigenvalue weighted by molar-refractivity contribution is 6.31. The van der Waals surface area contributed by atoms with Gasteiger partial charge < -0.3 is 10.1 Å². The van der Waals surface area contributed by atoms with Crippen LogP contribution >= 0.6 is 11.6 Å². The first-order valence-electron chi connectivity index (χ1n) is 7.26. The van der Waals surface area contributed by atoms with Gasteiger partial charge >= 0.3 is 0 Å². The van der Waals surface area contributed by atoms with E-state index in [-0.39, 0.29) is 11.5 Å². The monoisotopic (exact) mass is 342 g/mol. The summed E-state index contributed by atoms with van der Waals surface area (Å²) in [4.78, 5) is 14.9. The second-order valence-corrected chi connectivity index (χ2v) is 5.48. The van der Waals surface area contributed by atoms with Crippen LogP contribution in [0.4, 0.5) is 11.6 Å². The Balaban J connectivity index is 1.79. The molecule has 0 saturated heterocycles. The Labute approximate surface area is 143 Å². The molecule has 2 aromatic carbocycles. The summed E-state index contributed by atoms with van der Waals surface area (Å²) in [5, 5.41) is 11.6. The van der Waals surface area contributed by atoms with E-state index in [1.807, 2.05) is 36.4 Å². The molecule has 1 aromatic heterocycles. The van der Waals surface area contributed by atoms with Crippen molar-refractivity contribution in [3.8, 4) is 5.75 Å². The maximum atomic E-state index is 12.2. The Hall–Kier alpha value is -2.86. The van der Waals surface area contributed by atoms with Gasteiger partial charge in [0.1, 0.15) is 11.4 Å². The van der Waals surface area contributed by atoms with Crippen molar-refractivity contribution in [2.45, 2.75) is 6.42 Å². The first-order valence-corrected chi connectivity index (χ1v) is 7.64. The van der Waals surface area contributed by atoms with Crippen LogP contribution in [0, 0.1) is 0 Å². The standard InChI is InChI=1S/C17H15ClN4O2/c1-24-13-7-4-6-12(10-13)19-17-20-16(23)15(21-22-17)9-11-5-2-3-8-14(11)18/h2-8,10H,9H2,1H3,(H2,19,20,22,23). The van der Waals surface area contributed by atoms with Gasteiger partial charge in [0.05, 0.1) is 7.11 Å². The van der Waals surface area contributed by atoms with Crippen molar-refractivity contribution in [2.75, 3.05) is 12.4 Å². The number of hydrogen-bond donors (Lipinski definition) is 2. The van der Waals surface area contributed by atoms with Gasteiger partial charge in [-0.3, -0.25) is 9.78 Å². The van der Waals surface area contributed by atoms with Crippen LogP contribution in [0.2, 0.25) is 5.02 Å². The van der Waals surface area contributed by atoms with Crippen molar-refractivity contribution in [3.63, 3.8) is 0 Å². The Bertz CT molecular complexity index is 911. The maximum Gasteiger partial charge on any atom is 0.274 e. The van der Waals surface area contributed by atoms with Crippen LogP contribution in [0.15, 0.2) is 53.3 Å². The molecule has 1 heterocycles. The molecule has 0 radical (unpaired) electrons. The summed E-state index contributed by atoms with van der Waals surface area (Å²) in [7, 11) is 1.59. The molecule has 0 aliphatic heterocycles. The number of hydrogen-bond acceptors (Lipinski definition) is 5. The van der Waals surface area contributed by atoms with E-state index in [4.69, 9.17) is 16.3 Å². The minimum Gasteiger partial charge on any atom is -0.497 e. The maximum absolute atomic E-state index is 12.2. The molecule has 0 bridgehead atoms. The van der Waals surface area contributed by atoms with E-state index in [0.717, 1.165) is 11.3 Å². The van der Waals surface area contributed by atoms with E-state index < -0.39 is 0 Å². The lowest BCUT2D eigenvalue weighted by Gasteiger charge is -2.07. The second-order valence-electron chi connectivity index (χ2n) is 5.07. The van der Waals surface area contributed by atoms with E-state index in [2.05, 4.69) is 20.5 Å². The number of H-pyrrole nitrogens is 1. The Morgan fingerprint density at radius 3 is 2.75 bits per heavy atom. The summed E-state index contributed by atoms with van der Waals surface area (Å²) in [6, 6.07) is 14.6. The number of anilines is 2. The molecule has 2 N–H and O–H groups in total. The molecule has 0 saturated carbocycles. The van der Waals surface area contributed by atoms with Crippen LogP contribution in [0.25, 0.3) is 0 Å². The third-order valence-electron chi connectivity index (χ3n) is 3.41. The largest absolute Gasteiger partial charge is 0.497 e. The molecule has 0 unspecified atom stereocenters. The predicted molar refractivity (Wildman–Crippen MR) is 93.2 cm³/mol. The average Bonchev–Trinajstić information content (AvgIpc) is 2.59. The number of aromatic amines is 1. The van der Waals surface area contributed by atoms with Crippen LogP contribution in [0.1, 0.15) is 11.3 Å². The van der Waals surface area contributed by atoms with Gasteiger partial charge in [-0.2, -0.15) is 0 Å². The minimum atomic E-state index is -0.310. The van der Waals surface area contributed by atoms with Crippen LogP contribution in [0.5, 0.6) is 5.75 Å². The number of nitrogens with zero attached hydrogens (tertiary/aromatic N) is 2. The molecule has 0 aliphatic carbocycles. The fraction of sp³-hybridized carbons (Fsp3) is 0.118. The molecule has 0 fully saturated rings. The summed E-state index contributed by atoms with van der Waals surface area (Å²) in [5.41, 5.74) is 1.56. The van der Waals surface area contributed by atoms with Gasteiger partial charge in [0.25, 0.3) is 5.56 Å². The van der Waals surface area contributed by atoms with Crippen molar-refractivity contribution in [1.82, 2.24) is 15.2 Å². The first-order chi connectivity index (χ1) is 11.7. The van der Waals surface area contributed by atoms with Crippen LogP contribution in [-0.2, 0) is 6.42 Å². The average molecular weight is 343 g/mol. The molecule has 0 amide bonds. The number of rotatable bonds is 5. The zero-order valence-corrected chi connectivity index (χ0v) is 13.7. The molecule has 3 aromatic rings. The van der Waals surface area contributed by atoms with Gasteiger partial charge in [0.15, 0.2) is 0 Å². The SMILES string of the molecule is COc1cccc(Nc2nnc(Cc3ccccc3Cl)c(=O)[nH]2)c1. The molecule has 0 aliphatic rings. The van der Waals surface area contributed by atoms with Crippen molar-refractivity contribution in [3.05, 3.63) is 75.2 Å². The lowest BCUT2D eigenvalue weighted by molar-refractivity contribution is 0.415. The first kappa shape index (κ1) is 16.0. The van der Waals surface area contributed by atoms with Crippen molar-refractivity contribution < 1.29 is 4.74 Å². The summed E-state index contributed by atoms with van der Waals surface area (Å²) in [6.07, 6.45) is 0.321. The molecule has 6 nitrogen and oxygen atoms in total. The third-order valence-corrected chi connectivity index (χ3v) is 3.78. The molecule has 0 atom stereocenters. The number of halogens is 1. The lowest BCUT2D eigenvalue weighted by Crippen LogP contribution is -2.19. The lowest BCUT2D eigenvalue weighted by atomic mass is 10.1. The Morgan fingerprint density at radius 2 is 2.00 bits per heavy atom. The van der Waals surface area contributed by atoms with E-state index in [1.165, 1.54) is 0 Å². The molecular weight excluding hydrogens is 328 g/mol. The predicted octanol–water partition coefficient (Wildman–Crippen LogP) is 3.16. The number of benzene rings is 2. The van der Waals surface area contributed by atoms with E-state index in [9.17, 15) is 4.79 Å². The fourth-order valence-corrected chi connectivity index (χ4v) is 2.39. The third kappa shape index (κ3) is 3.72.